The Morgan fingerprint density at radius 2 is 2.10 bits per heavy atom. The van der Waals surface area contributed by atoms with E-state index in [1.807, 2.05) is 32.0 Å². The van der Waals surface area contributed by atoms with Gasteiger partial charge in [0, 0.05) is 6.42 Å². The van der Waals surface area contributed by atoms with Crippen LogP contribution < -0.4 is 14.9 Å². The Morgan fingerprint density at radius 1 is 1.29 bits per heavy atom. The smallest absolute Gasteiger partial charge is 0.240 e. The minimum atomic E-state index is -0.0657. The van der Waals surface area contributed by atoms with E-state index >= 15 is 0 Å². The first kappa shape index (κ1) is 17.0. The molecule has 0 bridgehead atoms. The summed E-state index contributed by atoms with van der Waals surface area (Å²) in [5.74, 6) is 1.30. The molecule has 5 nitrogen and oxygen atoms in total. The van der Waals surface area contributed by atoms with Crippen molar-refractivity contribution in [2.45, 2.75) is 39.5 Å². The van der Waals surface area contributed by atoms with E-state index in [0.717, 1.165) is 24.8 Å². The van der Waals surface area contributed by atoms with Gasteiger partial charge >= 0.3 is 0 Å². The molecule has 0 aliphatic rings. The Bertz CT molecular complexity index is 473. The maximum atomic E-state index is 11.4. The highest BCUT2D eigenvalue weighted by atomic mass is 16.5. The van der Waals surface area contributed by atoms with Crippen LogP contribution in [0.15, 0.2) is 23.3 Å². The van der Waals surface area contributed by atoms with Gasteiger partial charge in [-0.2, -0.15) is 5.10 Å². The van der Waals surface area contributed by atoms with E-state index in [4.69, 9.17) is 9.47 Å². The van der Waals surface area contributed by atoms with Crippen molar-refractivity contribution in [3.8, 4) is 11.5 Å². The molecule has 0 spiro atoms. The lowest BCUT2D eigenvalue weighted by atomic mass is 10.2. The predicted molar refractivity (Wildman–Crippen MR) is 84.0 cm³/mol. The first-order chi connectivity index (χ1) is 10.2. The quantitative estimate of drug-likeness (QED) is 0.562. The Balaban J connectivity index is 2.64. The highest BCUT2D eigenvalue weighted by molar-refractivity contribution is 5.83. The third-order valence-corrected chi connectivity index (χ3v) is 2.81. The maximum absolute atomic E-state index is 11.4. The molecule has 0 unspecified atom stereocenters. The lowest BCUT2D eigenvalue weighted by Crippen LogP contribution is -2.16. The summed E-state index contributed by atoms with van der Waals surface area (Å²) in [5.41, 5.74) is 3.36. The van der Waals surface area contributed by atoms with Crippen LogP contribution in [0.3, 0.4) is 0 Å². The van der Waals surface area contributed by atoms with Crippen molar-refractivity contribution in [1.29, 1.82) is 0 Å². The number of nitrogens with one attached hydrogen (secondary N) is 1. The van der Waals surface area contributed by atoms with Crippen LogP contribution in [0.5, 0.6) is 11.5 Å². The Morgan fingerprint density at radius 3 is 2.76 bits per heavy atom. The fraction of sp³-hybridized carbons (Fsp3) is 0.500. The van der Waals surface area contributed by atoms with Gasteiger partial charge in [-0.1, -0.05) is 20.3 Å². The number of methoxy groups -OCH3 is 1. The van der Waals surface area contributed by atoms with E-state index in [1.165, 1.54) is 0 Å². The fourth-order valence-electron chi connectivity index (χ4n) is 1.67. The van der Waals surface area contributed by atoms with Gasteiger partial charge in [-0.15, -0.1) is 0 Å². The van der Waals surface area contributed by atoms with E-state index in [-0.39, 0.29) is 5.91 Å². The van der Waals surface area contributed by atoms with E-state index in [9.17, 15) is 4.79 Å². The summed E-state index contributed by atoms with van der Waals surface area (Å²) in [5, 5.41) is 3.95. The summed E-state index contributed by atoms with van der Waals surface area (Å²) in [6.07, 6.45) is 4.89. The number of unbranched alkanes of at least 4 members (excludes halogenated alkanes) is 1. The molecule has 1 amide bonds. The molecule has 21 heavy (non-hydrogen) atoms. The second kappa shape index (κ2) is 9.80. The number of rotatable bonds is 9. The molecule has 0 radical (unpaired) electrons. The van der Waals surface area contributed by atoms with Crippen molar-refractivity contribution in [2.24, 2.45) is 5.10 Å². The molecule has 5 heteroatoms. The molecule has 0 aliphatic heterocycles. The number of amides is 1. The van der Waals surface area contributed by atoms with Gasteiger partial charge in [0.15, 0.2) is 11.5 Å². The summed E-state index contributed by atoms with van der Waals surface area (Å²) >= 11 is 0. The first-order valence-corrected chi connectivity index (χ1v) is 7.34. The number of ether oxygens (including phenoxy) is 2. The molecular formula is C16H24N2O3. The lowest BCUT2D eigenvalue weighted by molar-refractivity contribution is -0.121. The van der Waals surface area contributed by atoms with Crippen LogP contribution in [0.1, 0.15) is 45.1 Å². The number of hydrogen-bond donors (Lipinski definition) is 1. The number of carbonyl (C=O) groups is 1. The zero-order valence-corrected chi connectivity index (χ0v) is 13.0. The van der Waals surface area contributed by atoms with E-state index < -0.39 is 0 Å². The summed E-state index contributed by atoms with van der Waals surface area (Å²) < 4.78 is 10.9. The van der Waals surface area contributed by atoms with Crippen LogP contribution in [-0.2, 0) is 4.79 Å². The monoisotopic (exact) mass is 292 g/mol. The molecule has 0 fully saturated rings. The van der Waals surface area contributed by atoms with Crippen LogP contribution in [0.25, 0.3) is 0 Å². The van der Waals surface area contributed by atoms with Crippen molar-refractivity contribution in [1.82, 2.24) is 5.43 Å². The minimum absolute atomic E-state index is 0.0657. The van der Waals surface area contributed by atoms with Gasteiger partial charge < -0.3 is 9.47 Å². The van der Waals surface area contributed by atoms with Gasteiger partial charge in [0.05, 0.1) is 19.9 Å². The van der Waals surface area contributed by atoms with Gasteiger partial charge in [0.2, 0.25) is 5.91 Å². The molecule has 116 valence electrons. The number of hydrazone groups is 1. The van der Waals surface area contributed by atoms with Crippen molar-refractivity contribution in [2.75, 3.05) is 13.7 Å². The molecule has 1 N–H and O–H groups in total. The molecule has 0 heterocycles. The number of hydrogen-bond acceptors (Lipinski definition) is 4. The zero-order valence-electron chi connectivity index (χ0n) is 13.0. The zero-order chi connectivity index (χ0) is 15.5. The summed E-state index contributed by atoms with van der Waals surface area (Å²) in [6, 6.07) is 5.53. The van der Waals surface area contributed by atoms with Crippen LogP contribution in [-0.4, -0.2) is 25.8 Å². The molecule has 1 aromatic rings. The van der Waals surface area contributed by atoms with E-state index in [1.54, 1.807) is 13.3 Å². The summed E-state index contributed by atoms with van der Waals surface area (Å²) in [6.45, 7) is 4.72. The predicted octanol–water partition coefficient (Wildman–Crippen LogP) is 3.12. The third kappa shape index (κ3) is 6.29. The molecule has 1 aromatic carbocycles. The lowest BCUT2D eigenvalue weighted by Gasteiger charge is -2.10. The molecule has 0 saturated heterocycles. The van der Waals surface area contributed by atoms with Crippen LogP contribution in [0.4, 0.5) is 0 Å². The molecule has 0 saturated carbocycles. The fourth-order valence-corrected chi connectivity index (χ4v) is 1.67. The molecule has 0 aliphatic carbocycles. The standard InChI is InChI=1S/C16H24N2O3/c1-4-6-7-16(19)18-17-12-13-8-9-14(20-3)15(11-13)21-10-5-2/h8-9,11-12H,4-7,10H2,1-3H3,(H,18,19)/b17-12+. The second-order valence-corrected chi connectivity index (χ2v) is 4.66. The third-order valence-electron chi connectivity index (χ3n) is 2.81. The number of benzene rings is 1. The molecule has 1 rings (SSSR count). The van der Waals surface area contributed by atoms with Crippen molar-refractivity contribution < 1.29 is 14.3 Å². The molecule has 0 atom stereocenters. The largest absolute Gasteiger partial charge is 0.493 e. The average molecular weight is 292 g/mol. The highest BCUT2D eigenvalue weighted by Crippen LogP contribution is 2.27. The normalized spacial score (nSPS) is 10.6. The first-order valence-electron chi connectivity index (χ1n) is 7.34. The minimum Gasteiger partial charge on any atom is -0.493 e. The van der Waals surface area contributed by atoms with Crippen molar-refractivity contribution >= 4 is 12.1 Å². The topological polar surface area (TPSA) is 59.9 Å². The van der Waals surface area contributed by atoms with Gasteiger partial charge in [0.25, 0.3) is 0 Å². The van der Waals surface area contributed by atoms with Gasteiger partial charge in [0.1, 0.15) is 0 Å². The Kier molecular flexibility index (Phi) is 7.94. The van der Waals surface area contributed by atoms with Gasteiger partial charge in [-0.05, 0) is 36.6 Å². The van der Waals surface area contributed by atoms with Crippen LogP contribution >= 0.6 is 0 Å². The molecular weight excluding hydrogens is 268 g/mol. The van der Waals surface area contributed by atoms with Crippen LogP contribution in [0, 0.1) is 0 Å². The van der Waals surface area contributed by atoms with E-state index in [2.05, 4.69) is 10.5 Å². The Labute approximate surface area is 126 Å². The van der Waals surface area contributed by atoms with Crippen molar-refractivity contribution in [3.63, 3.8) is 0 Å². The van der Waals surface area contributed by atoms with Crippen molar-refractivity contribution in [3.05, 3.63) is 23.8 Å². The number of nitrogens with zero attached hydrogens (tertiary/aromatic N) is 1. The van der Waals surface area contributed by atoms with Gasteiger partial charge in [-0.3, -0.25) is 4.79 Å². The van der Waals surface area contributed by atoms with E-state index in [0.29, 0.717) is 24.5 Å². The highest BCUT2D eigenvalue weighted by Gasteiger charge is 2.04. The second-order valence-electron chi connectivity index (χ2n) is 4.66. The number of carbonyl (C=O) groups excluding carboxylic acids is 1. The van der Waals surface area contributed by atoms with Crippen LogP contribution in [0.2, 0.25) is 0 Å². The average Bonchev–Trinajstić information content (AvgIpc) is 2.51. The SMILES string of the molecule is CCCCC(=O)N/N=C/c1ccc(OC)c(OCCC)c1. The summed E-state index contributed by atoms with van der Waals surface area (Å²) in [7, 11) is 1.61. The summed E-state index contributed by atoms with van der Waals surface area (Å²) in [4.78, 5) is 11.4. The van der Waals surface area contributed by atoms with Gasteiger partial charge in [-0.25, -0.2) is 5.43 Å². The maximum Gasteiger partial charge on any atom is 0.240 e. The Hall–Kier alpha value is -2.04. The molecule has 0 aromatic heterocycles.